The maximum atomic E-state index is 13.0. The molecular weight excluding hydrogens is 336 g/mol. The van der Waals surface area contributed by atoms with Gasteiger partial charge in [-0.25, -0.2) is 0 Å². The van der Waals surface area contributed by atoms with E-state index >= 15 is 0 Å². The third kappa shape index (κ3) is 4.76. The summed E-state index contributed by atoms with van der Waals surface area (Å²) < 4.78 is 0. The quantitative estimate of drug-likeness (QED) is 0.849. The van der Waals surface area contributed by atoms with Crippen LogP contribution in [0.5, 0.6) is 0 Å². The summed E-state index contributed by atoms with van der Waals surface area (Å²) >= 11 is 0. The Morgan fingerprint density at radius 1 is 1.00 bits per heavy atom. The van der Waals surface area contributed by atoms with E-state index in [0.717, 1.165) is 36.9 Å². The van der Waals surface area contributed by atoms with Crippen LogP contribution in [0, 0.1) is 0 Å². The van der Waals surface area contributed by atoms with Crippen molar-refractivity contribution in [3.8, 4) is 0 Å². The van der Waals surface area contributed by atoms with E-state index < -0.39 is 5.92 Å². The fourth-order valence-corrected chi connectivity index (χ4v) is 3.91. The molecule has 0 saturated carbocycles. The first-order valence-corrected chi connectivity index (χ1v) is 9.87. The average molecular weight is 364 g/mol. The van der Waals surface area contributed by atoms with Gasteiger partial charge in [-0.05, 0) is 36.8 Å². The monoisotopic (exact) mass is 364 g/mol. The number of hydrogen-bond acceptors (Lipinski definition) is 2. The molecule has 1 heterocycles. The van der Waals surface area contributed by atoms with E-state index in [4.69, 9.17) is 0 Å². The Labute approximate surface area is 161 Å². The van der Waals surface area contributed by atoms with Gasteiger partial charge in [0.05, 0.1) is 12.5 Å². The number of nitrogens with one attached hydrogen (secondary N) is 1. The summed E-state index contributed by atoms with van der Waals surface area (Å²) in [6.45, 7) is 2.98. The lowest BCUT2D eigenvalue weighted by atomic mass is 9.90. The zero-order valence-electron chi connectivity index (χ0n) is 15.9. The van der Waals surface area contributed by atoms with Gasteiger partial charge in [-0.15, -0.1) is 0 Å². The summed E-state index contributed by atoms with van der Waals surface area (Å²) in [5.41, 5.74) is 1.86. The molecule has 1 aliphatic heterocycles. The Morgan fingerprint density at radius 2 is 1.59 bits per heavy atom. The zero-order valence-corrected chi connectivity index (χ0v) is 15.9. The molecule has 1 unspecified atom stereocenters. The summed E-state index contributed by atoms with van der Waals surface area (Å²) in [6, 6.07) is 19.7. The van der Waals surface area contributed by atoms with E-state index in [2.05, 4.69) is 12.2 Å². The van der Waals surface area contributed by atoms with Crippen LogP contribution >= 0.6 is 0 Å². The van der Waals surface area contributed by atoms with Crippen LogP contribution in [-0.2, 0) is 9.59 Å². The van der Waals surface area contributed by atoms with Crippen LogP contribution in [0.3, 0.4) is 0 Å². The second kappa shape index (κ2) is 9.36. The Kier molecular flexibility index (Phi) is 6.64. The SMILES string of the molecule is CCC1CCCCN1C(=O)CNC(=O)C(c1ccccc1)c1ccccc1. The molecule has 4 nitrogen and oxygen atoms in total. The van der Waals surface area contributed by atoms with Gasteiger partial charge in [0.2, 0.25) is 11.8 Å². The summed E-state index contributed by atoms with van der Waals surface area (Å²) in [7, 11) is 0. The molecule has 3 rings (SSSR count). The van der Waals surface area contributed by atoms with Crippen LogP contribution in [0.25, 0.3) is 0 Å². The molecule has 2 amide bonds. The Balaban J connectivity index is 1.71. The van der Waals surface area contributed by atoms with Crippen LogP contribution in [0.1, 0.15) is 49.7 Å². The van der Waals surface area contributed by atoms with Gasteiger partial charge in [-0.1, -0.05) is 67.6 Å². The van der Waals surface area contributed by atoms with Gasteiger partial charge in [0.1, 0.15) is 0 Å². The first kappa shape index (κ1) is 19.2. The topological polar surface area (TPSA) is 49.4 Å². The highest BCUT2D eigenvalue weighted by Gasteiger charge is 2.27. The fraction of sp³-hybridized carbons (Fsp3) is 0.391. The van der Waals surface area contributed by atoms with Gasteiger partial charge in [-0.3, -0.25) is 9.59 Å². The van der Waals surface area contributed by atoms with E-state index in [9.17, 15) is 9.59 Å². The lowest BCUT2D eigenvalue weighted by Crippen LogP contribution is -2.48. The Morgan fingerprint density at radius 3 is 2.15 bits per heavy atom. The third-order valence-corrected chi connectivity index (χ3v) is 5.36. The number of benzene rings is 2. The maximum Gasteiger partial charge on any atom is 0.242 e. The van der Waals surface area contributed by atoms with Gasteiger partial charge in [0.25, 0.3) is 0 Å². The molecule has 0 aromatic heterocycles. The lowest BCUT2D eigenvalue weighted by Gasteiger charge is -2.35. The maximum absolute atomic E-state index is 13.0. The molecule has 0 radical (unpaired) electrons. The normalized spacial score (nSPS) is 17.0. The van der Waals surface area contributed by atoms with Gasteiger partial charge in [0, 0.05) is 12.6 Å². The molecule has 1 fully saturated rings. The van der Waals surface area contributed by atoms with Gasteiger partial charge < -0.3 is 10.2 Å². The lowest BCUT2D eigenvalue weighted by molar-refractivity contribution is -0.136. The summed E-state index contributed by atoms with van der Waals surface area (Å²) in [6.07, 6.45) is 4.26. The van der Waals surface area contributed by atoms with Crippen molar-refractivity contribution in [1.82, 2.24) is 10.2 Å². The van der Waals surface area contributed by atoms with Crippen molar-refractivity contribution in [1.29, 1.82) is 0 Å². The van der Waals surface area contributed by atoms with E-state index in [0.29, 0.717) is 6.04 Å². The highest BCUT2D eigenvalue weighted by molar-refractivity contribution is 5.90. The molecule has 1 atom stereocenters. The zero-order chi connectivity index (χ0) is 19.1. The van der Waals surface area contributed by atoms with E-state index in [-0.39, 0.29) is 18.4 Å². The number of amides is 2. The molecule has 1 saturated heterocycles. The van der Waals surface area contributed by atoms with Crippen molar-refractivity contribution in [3.05, 3.63) is 71.8 Å². The van der Waals surface area contributed by atoms with Crippen LogP contribution in [0.2, 0.25) is 0 Å². The minimum Gasteiger partial charge on any atom is -0.346 e. The van der Waals surface area contributed by atoms with Crippen LogP contribution in [0.15, 0.2) is 60.7 Å². The van der Waals surface area contributed by atoms with Crippen LogP contribution < -0.4 is 5.32 Å². The predicted octanol–water partition coefficient (Wildman–Crippen LogP) is 3.73. The van der Waals surface area contributed by atoms with E-state index in [1.165, 1.54) is 6.42 Å². The van der Waals surface area contributed by atoms with Gasteiger partial charge >= 0.3 is 0 Å². The Hall–Kier alpha value is -2.62. The number of piperidine rings is 1. The van der Waals surface area contributed by atoms with Gasteiger partial charge in [0.15, 0.2) is 0 Å². The van der Waals surface area contributed by atoms with Crippen LogP contribution in [0.4, 0.5) is 0 Å². The predicted molar refractivity (Wildman–Crippen MR) is 107 cm³/mol. The highest BCUT2D eigenvalue weighted by atomic mass is 16.2. The molecule has 2 aromatic rings. The minimum absolute atomic E-state index is 0.0229. The van der Waals surface area contributed by atoms with Gasteiger partial charge in [-0.2, -0.15) is 0 Å². The van der Waals surface area contributed by atoms with Crippen molar-refractivity contribution in [2.24, 2.45) is 0 Å². The van der Waals surface area contributed by atoms with E-state index in [1.807, 2.05) is 65.6 Å². The first-order chi connectivity index (χ1) is 13.2. The number of carbonyl (C=O) groups is 2. The standard InChI is InChI=1S/C23H28N2O2/c1-2-20-15-9-10-16-25(20)21(26)17-24-23(27)22(18-11-5-3-6-12-18)19-13-7-4-8-14-19/h3-8,11-14,20,22H,2,9-10,15-17H2,1H3,(H,24,27). The van der Waals surface area contributed by atoms with Crippen LogP contribution in [-0.4, -0.2) is 35.8 Å². The largest absolute Gasteiger partial charge is 0.346 e. The summed E-state index contributed by atoms with van der Waals surface area (Å²) in [4.78, 5) is 27.6. The molecule has 4 heteroatoms. The van der Waals surface area contributed by atoms with Crippen molar-refractivity contribution < 1.29 is 9.59 Å². The smallest absolute Gasteiger partial charge is 0.242 e. The summed E-state index contributed by atoms with van der Waals surface area (Å²) in [5.74, 6) is -0.524. The summed E-state index contributed by atoms with van der Waals surface area (Å²) in [5, 5.41) is 2.89. The third-order valence-electron chi connectivity index (χ3n) is 5.36. The van der Waals surface area contributed by atoms with Crippen molar-refractivity contribution in [2.45, 2.75) is 44.6 Å². The molecule has 27 heavy (non-hydrogen) atoms. The van der Waals surface area contributed by atoms with E-state index in [1.54, 1.807) is 0 Å². The number of carbonyl (C=O) groups excluding carboxylic acids is 2. The molecule has 0 bridgehead atoms. The second-order valence-corrected chi connectivity index (χ2v) is 7.12. The van der Waals surface area contributed by atoms with Crippen molar-refractivity contribution in [3.63, 3.8) is 0 Å². The highest BCUT2D eigenvalue weighted by Crippen LogP contribution is 2.25. The fourth-order valence-electron chi connectivity index (χ4n) is 3.91. The number of likely N-dealkylation sites (tertiary alicyclic amines) is 1. The molecule has 1 N–H and O–H groups in total. The number of rotatable bonds is 6. The minimum atomic E-state index is -0.413. The number of hydrogen-bond donors (Lipinski definition) is 1. The Bertz CT molecular complexity index is 706. The molecule has 1 aliphatic rings. The van der Waals surface area contributed by atoms with Crippen molar-refractivity contribution in [2.75, 3.05) is 13.1 Å². The molecule has 142 valence electrons. The molecule has 0 spiro atoms. The molecule has 2 aromatic carbocycles. The average Bonchev–Trinajstić information content (AvgIpc) is 2.73. The molecular formula is C23H28N2O2. The molecule has 0 aliphatic carbocycles. The van der Waals surface area contributed by atoms with Crippen molar-refractivity contribution >= 4 is 11.8 Å². The first-order valence-electron chi connectivity index (χ1n) is 9.87. The second-order valence-electron chi connectivity index (χ2n) is 7.12. The number of nitrogens with zero attached hydrogens (tertiary/aromatic N) is 1.